The molecule has 8 nitrogen and oxygen atoms in total. The minimum atomic E-state index is 0.265. The molecule has 28 heavy (non-hydrogen) atoms. The summed E-state index contributed by atoms with van der Waals surface area (Å²) in [6.45, 7) is 1.64. The number of pyridine rings is 1. The Hall–Kier alpha value is -3.26. The van der Waals surface area contributed by atoms with Crippen molar-refractivity contribution in [3.63, 3.8) is 0 Å². The second kappa shape index (κ2) is 7.40. The SMILES string of the molecule is c1cc2cc(Nc3[nH]nc4nccnc34)ccc2c(NCC2CCCCO2)n1. The van der Waals surface area contributed by atoms with Crippen molar-refractivity contribution in [1.82, 2.24) is 25.1 Å². The molecule has 142 valence electrons. The Morgan fingerprint density at radius 2 is 2.04 bits per heavy atom. The van der Waals surface area contributed by atoms with Crippen LogP contribution in [-0.2, 0) is 4.74 Å². The van der Waals surface area contributed by atoms with E-state index in [-0.39, 0.29) is 6.10 Å². The average Bonchev–Trinajstić information content (AvgIpc) is 3.16. The monoisotopic (exact) mass is 375 g/mol. The van der Waals surface area contributed by atoms with Gasteiger partial charge in [-0.05, 0) is 48.9 Å². The van der Waals surface area contributed by atoms with Crippen LogP contribution >= 0.6 is 0 Å². The first-order valence-electron chi connectivity index (χ1n) is 9.53. The van der Waals surface area contributed by atoms with Gasteiger partial charge in [0.1, 0.15) is 5.82 Å². The number of benzene rings is 1. The molecule has 0 aliphatic carbocycles. The van der Waals surface area contributed by atoms with E-state index in [1.165, 1.54) is 6.42 Å². The second-order valence-electron chi connectivity index (χ2n) is 6.92. The first-order chi connectivity index (χ1) is 13.9. The van der Waals surface area contributed by atoms with Crippen LogP contribution in [-0.4, -0.2) is 44.4 Å². The maximum atomic E-state index is 5.80. The predicted octanol–water partition coefficient (Wildman–Crippen LogP) is 3.63. The van der Waals surface area contributed by atoms with Crippen molar-refractivity contribution in [2.24, 2.45) is 0 Å². The van der Waals surface area contributed by atoms with Gasteiger partial charge < -0.3 is 15.4 Å². The summed E-state index contributed by atoms with van der Waals surface area (Å²) in [6.07, 6.45) is 8.88. The highest BCUT2D eigenvalue weighted by molar-refractivity contribution is 5.95. The number of H-pyrrole nitrogens is 1. The molecule has 1 aliphatic rings. The molecule has 1 aromatic carbocycles. The molecule has 4 heterocycles. The Morgan fingerprint density at radius 3 is 2.96 bits per heavy atom. The normalized spacial score (nSPS) is 17.1. The van der Waals surface area contributed by atoms with Crippen molar-refractivity contribution >= 4 is 39.3 Å². The van der Waals surface area contributed by atoms with Gasteiger partial charge in [0.05, 0.1) is 6.10 Å². The Kier molecular flexibility index (Phi) is 4.46. The summed E-state index contributed by atoms with van der Waals surface area (Å²) < 4.78 is 5.80. The fourth-order valence-electron chi connectivity index (χ4n) is 3.56. The molecular weight excluding hydrogens is 354 g/mol. The van der Waals surface area contributed by atoms with Gasteiger partial charge in [0.25, 0.3) is 0 Å². The van der Waals surface area contributed by atoms with E-state index in [2.05, 4.69) is 47.9 Å². The van der Waals surface area contributed by atoms with Crippen molar-refractivity contribution < 1.29 is 4.74 Å². The molecule has 1 atom stereocenters. The van der Waals surface area contributed by atoms with Gasteiger partial charge in [-0.15, -0.1) is 0 Å². The van der Waals surface area contributed by atoms with Gasteiger partial charge >= 0.3 is 0 Å². The number of nitrogens with one attached hydrogen (secondary N) is 3. The van der Waals surface area contributed by atoms with Gasteiger partial charge in [-0.2, -0.15) is 5.10 Å². The molecule has 1 unspecified atom stereocenters. The highest BCUT2D eigenvalue weighted by Crippen LogP contribution is 2.27. The number of hydrogen-bond acceptors (Lipinski definition) is 7. The molecule has 3 aromatic heterocycles. The van der Waals surface area contributed by atoms with Crippen LogP contribution in [0.5, 0.6) is 0 Å². The van der Waals surface area contributed by atoms with Crippen LogP contribution in [0.25, 0.3) is 21.9 Å². The van der Waals surface area contributed by atoms with Crippen LogP contribution in [0.4, 0.5) is 17.3 Å². The van der Waals surface area contributed by atoms with E-state index in [1.807, 2.05) is 18.3 Å². The standard InChI is InChI=1S/C20H21N7O/c1-2-10-28-15(3-1)12-24-18-16-5-4-14(11-13(16)6-7-22-18)25-20-17-19(26-27-20)23-9-8-21-17/h4-9,11,15H,1-3,10,12H2,(H,22,24)(H2,23,25,26,27). The van der Waals surface area contributed by atoms with Crippen molar-refractivity contribution in [1.29, 1.82) is 0 Å². The lowest BCUT2D eigenvalue weighted by atomic mass is 10.1. The van der Waals surface area contributed by atoms with Gasteiger partial charge in [0.2, 0.25) is 5.65 Å². The maximum Gasteiger partial charge on any atom is 0.201 e. The molecule has 1 fully saturated rings. The minimum Gasteiger partial charge on any atom is -0.376 e. The van der Waals surface area contributed by atoms with Crippen LogP contribution in [0.1, 0.15) is 19.3 Å². The largest absolute Gasteiger partial charge is 0.376 e. The third-order valence-electron chi connectivity index (χ3n) is 4.99. The summed E-state index contributed by atoms with van der Waals surface area (Å²) >= 11 is 0. The third-order valence-corrected chi connectivity index (χ3v) is 4.99. The summed E-state index contributed by atoms with van der Waals surface area (Å²) in [7, 11) is 0. The molecule has 1 saturated heterocycles. The number of aromatic amines is 1. The van der Waals surface area contributed by atoms with Gasteiger partial charge in [-0.25, -0.2) is 15.0 Å². The van der Waals surface area contributed by atoms with Gasteiger partial charge in [-0.3, -0.25) is 5.10 Å². The van der Waals surface area contributed by atoms with Gasteiger partial charge in [-0.1, -0.05) is 0 Å². The minimum absolute atomic E-state index is 0.265. The number of ether oxygens (including phenoxy) is 1. The number of fused-ring (bicyclic) bond motifs is 2. The molecule has 4 aromatic rings. The smallest absolute Gasteiger partial charge is 0.201 e. The summed E-state index contributed by atoms with van der Waals surface area (Å²) in [5, 5.41) is 16.1. The third kappa shape index (κ3) is 3.34. The molecule has 1 aliphatic heterocycles. The number of aromatic nitrogens is 5. The first kappa shape index (κ1) is 16.9. The van der Waals surface area contributed by atoms with E-state index in [9.17, 15) is 0 Å². The van der Waals surface area contributed by atoms with Gasteiger partial charge in [0, 0.05) is 42.8 Å². The first-order valence-corrected chi connectivity index (χ1v) is 9.53. The lowest BCUT2D eigenvalue weighted by molar-refractivity contribution is 0.0247. The Labute approximate surface area is 161 Å². The molecule has 8 heteroatoms. The lowest BCUT2D eigenvalue weighted by Gasteiger charge is -2.23. The zero-order valence-corrected chi connectivity index (χ0v) is 15.4. The Balaban J connectivity index is 1.37. The number of anilines is 3. The number of nitrogens with zero attached hydrogens (tertiary/aromatic N) is 4. The average molecular weight is 375 g/mol. The number of rotatable bonds is 5. The molecule has 5 rings (SSSR count). The fourth-order valence-corrected chi connectivity index (χ4v) is 3.56. The quantitative estimate of drug-likeness (QED) is 0.490. The predicted molar refractivity (Wildman–Crippen MR) is 109 cm³/mol. The zero-order valence-electron chi connectivity index (χ0n) is 15.4. The summed E-state index contributed by atoms with van der Waals surface area (Å²) in [6, 6.07) is 8.18. The van der Waals surface area contributed by atoms with Crippen molar-refractivity contribution in [2.45, 2.75) is 25.4 Å². The molecule has 0 amide bonds. The Bertz CT molecular complexity index is 1100. The van der Waals surface area contributed by atoms with Crippen LogP contribution in [0.3, 0.4) is 0 Å². The van der Waals surface area contributed by atoms with Crippen molar-refractivity contribution in [2.75, 3.05) is 23.8 Å². The molecular formula is C20H21N7O. The molecule has 0 spiro atoms. The molecule has 3 N–H and O–H groups in total. The van der Waals surface area contributed by atoms with Crippen LogP contribution in [0.2, 0.25) is 0 Å². The van der Waals surface area contributed by atoms with Crippen LogP contribution in [0.15, 0.2) is 42.9 Å². The van der Waals surface area contributed by atoms with E-state index in [0.29, 0.717) is 11.2 Å². The summed E-state index contributed by atoms with van der Waals surface area (Å²) in [5.74, 6) is 1.61. The van der Waals surface area contributed by atoms with E-state index in [1.54, 1.807) is 12.4 Å². The zero-order chi connectivity index (χ0) is 18.8. The Morgan fingerprint density at radius 1 is 1.07 bits per heavy atom. The summed E-state index contributed by atoms with van der Waals surface area (Å²) in [5.41, 5.74) is 2.25. The summed E-state index contributed by atoms with van der Waals surface area (Å²) in [4.78, 5) is 13.0. The van der Waals surface area contributed by atoms with Gasteiger partial charge in [0.15, 0.2) is 11.3 Å². The molecule has 0 radical (unpaired) electrons. The highest BCUT2D eigenvalue weighted by atomic mass is 16.5. The molecule has 0 saturated carbocycles. The van der Waals surface area contributed by atoms with Crippen LogP contribution < -0.4 is 10.6 Å². The van der Waals surface area contributed by atoms with E-state index < -0.39 is 0 Å². The van der Waals surface area contributed by atoms with E-state index >= 15 is 0 Å². The lowest BCUT2D eigenvalue weighted by Crippen LogP contribution is -2.27. The fraction of sp³-hybridized carbons (Fsp3) is 0.300. The topological polar surface area (TPSA) is 101 Å². The van der Waals surface area contributed by atoms with E-state index in [0.717, 1.165) is 54.1 Å². The maximum absolute atomic E-state index is 5.80. The van der Waals surface area contributed by atoms with Crippen molar-refractivity contribution in [3.8, 4) is 0 Å². The number of hydrogen-bond donors (Lipinski definition) is 3. The second-order valence-corrected chi connectivity index (χ2v) is 6.92. The van der Waals surface area contributed by atoms with E-state index in [4.69, 9.17) is 4.74 Å². The van der Waals surface area contributed by atoms with Crippen LogP contribution in [0, 0.1) is 0 Å². The molecule has 0 bridgehead atoms. The van der Waals surface area contributed by atoms with Crippen molar-refractivity contribution in [3.05, 3.63) is 42.9 Å². The highest BCUT2D eigenvalue weighted by Gasteiger charge is 2.14.